The Bertz CT molecular complexity index is 266. The molecule has 1 N–H and O–H groups in total. The van der Waals surface area contributed by atoms with E-state index in [9.17, 15) is 4.79 Å². The summed E-state index contributed by atoms with van der Waals surface area (Å²) in [5.74, 6) is 2.20. The van der Waals surface area contributed by atoms with Crippen LogP contribution in [0.1, 0.15) is 6.92 Å². The predicted octanol–water partition coefficient (Wildman–Crippen LogP) is 1.38. The maximum atomic E-state index is 10.5. The standard InChI is InChI=1S/C10H11NO/c1-4-5-6-7-8-9(2)11-10(3)12/h1,5-8H,2H2,3H3,(H,11,12)/b6-5-,8-7-. The molecule has 0 saturated heterocycles. The van der Waals surface area contributed by atoms with Crippen molar-refractivity contribution in [2.24, 2.45) is 0 Å². The molecule has 0 rings (SSSR count). The smallest absolute Gasteiger partial charge is 0.221 e. The molecule has 0 fully saturated rings. The highest BCUT2D eigenvalue weighted by Gasteiger charge is 1.88. The minimum absolute atomic E-state index is 0.134. The number of carbonyl (C=O) groups excluding carboxylic acids is 1. The number of carbonyl (C=O) groups is 1. The predicted molar refractivity (Wildman–Crippen MR) is 50.1 cm³/mol. The van der Waals surface area contributed by atoms with Crippen molar-refractivity contribution in [2.75, 3.05) is 0 Å². The average molecular weight is 161 g/mol. The van der Waals surface area contributed by atoms with Gasteiger partial charge in [0.15, 0.2) is 0 Å². The van der Waals surface area contributed by atoms with Crippen molar-refractivity contribution in [1.29, 1.82) is 0 Å². The Labute approximate surface area is 72.7 Å². The molecule has 0 aliphatic rings. The van der Waals surface area contributed by atoms with Gasteiger partial charge in [0.25, 0.3) is 0 Å². The van der Waals surface area contributed by atoms with Gasteiger partial charge in [-0.25, -0.2) is 0 Å². The van der Waals surface area contributed by atoms with Crippen LogP contribution in [-0.2, 0) is 4.79 Å². The van der Waals surface area contributed by atoms with Gasteiger partial charge in [-0.2, -0.15) is 0 Å². The molecule has 12 heavy (non-hydrogen) atoms. The molecule has 62 valence electrons. The fourth-order valence-electron chi connectivity index (χ4n) is 0.551. The summed E-state index contributed by atoms with van der Waals surface area (Å²) >= 11 is 0. The monoisotopic (exact) mass is 161 g/mol. The van der Waals surface area contributed by atoms with Crippen LogP contribution in [0.25, 0.3) is 0 Å². The zero-order valence-electron chi connectivity index (χ0n) is 7.00. The molecule has 2 heteroatoms. The SMILES string of the molecule is C#C/C=C\C=C/C(=C)NC(C)=O. The molecule has 2 nitrogen and oxygen atoms in total. The Hall–Kier alpha value is -1.75. The van der Waals surface area contributed by atoms with E-state index < -0.39 is 0 Å². The van der Waals surface area contributed by atoms with Crippen LogP contribution >= 0.6 is 0 Å². The van der Waals surface area contributed by atoms with E-state index in [0.717, 1.165) is 0 Å². The summed E-state index contributed by atoms with van der Waals surface area (Å²) in [4.78, 5) is 10.5. The van der Waals surface area contributed by atoms with Crippen molar-refractivity contribution in [2.45, 2.75) is 6.92 Å². The molecule has 0 radical (unpaired) electrons. The molecule has 0 bridgehead atoms. The lowest BCUT2D eigenvalue weighted by atomic mass is 10.4. The Morgan fingerprint density at radius 2 is 2.25 bits per heavy atom. The zero-order valence-corrected chi connectivity index (χ0v) is 7.00. The van der Waals surface area contributed by atoms with E-state index in [1.54, 1.807) is 24.3 Å². The summed E-state index contributed by atoms with van der Waals surface area (Å²) in [6.07, 6.45) is 11.6. The van der Waals surface area contributed by atoms with Gasteiger partial charge in [-0.3, -0.25) is 4.79 Å². The Balaban J connectivity index is 3.86. The molecule has 0 saturated carbocycles. The van der Waals surface area contributed by atoms with E-state index in [0.29, 0.717) is 5.70 Å². The second kappa shape index (κ2) is 5.99. The molecule has 0 aliphatic carbocycles. The minimum atomic E-state index is -0.134. The minimum Gasteiger partial charge on any atom is -0.327 e. The first-order chi connectivity index (χ1) is 5.66. The highest BCUT2D eigenvalue weighted by Crippen LogP contribution is 1.87. The summed E-state index contributed by atoms with van der Waals surface area (Å²) in [5.41, 5.74) is 0.546. The summed E-state index contributed by atoms with van der Waals surface area (Å²) < 4.78 is 0. The van der Waals surface area contributed by atoms with Gasteiger partial charge in [0.2, 0.25) is 5.91 Å². The third kappa shape index (κ3) is 6.37. The quantitative estimate of drug-likeness (QED) is 0.491. The van der Waals surface area contributed by atoms with Gasteiger partial charge in [0.1, 0.15) is 0 Å². The molecule has 0 atom stereocenters. The Morgan fingerprint density at radius 1 is 1.58 bits per heavy atom. The fraction of sp³-hybridized carbons (Fsp3) is 0.100. The van der Waals surface area contributed by atoms with E-state index in [-0.39, 0.29) is 5.91 Å². The average Bonchev–Trinajstić information content (AvgIpc) is 1.97. The van der Waals surface area contributed by atoms with E-state index in [4.69, 9.17) is 6.42 Å². The maximum absolute atomic E-state index is 10.5. The number of terminal acetylenes is 1. The normalized spacial score (nSPS) is 10.0. The number of allylic oxidation sites excluding steroid dienone is 4. The van der Waals surface area contributed by atoms with Crippen molar-refractivity contribution >= 4 is 5.91 Å². The van der Waals surface area contributed by atoms with Crippen LogP contribution in [0.2, 0.25) is 0 Å². The number of amides is 1. The summed E-state index contributed by atoms with van der Waals surface area (Å²) in [6.45, 7) is 5.02. The molecule has 0 aliphatic heterocycles. The first-order valence-corrected chi connectivity index (χ1v) is 3.42. The molecule has 0 spiro atoms. The van der Waals surface area contributed by atoms with Crippen molar-refractivity contribution in [1.82, 2.24) is 5.32 Å². The maximum Gasteiger partial charge on any atom is 0.221 e. The van der Waals surface area contributed by atoms with Crippen LogP contribution in [-0.4, -0.2) is 5.91 Å². The van der Waals surface area contributed by atoms with Gasteiger partial charge in [-0.05, 0) is 12.2 Å². The van der Waals surface area contributed by atoms with Gasteiger partial charge in [0, 0.05) is 12.6 Å². The van der Waals surface area contributed by atoms with Crippen molar-refractivity contribution in [3.63, 3.8) is 0 Å². The van der Waals surface area contributed by atoms with Crippen molar-refractivity contribution in [3.8, 4) is 12.3 Å². The lowest BCUT2D eigenvalue weighted by Gasteiger charge is -1.97. The molecule has 0 unspecified atom stereocenters. The Morgan fingerprint density at radius 3 is 2.75 bits per heavy atom. The molecular weight excluding hydrogens is 150 g/mol. The van der Waals surface area contributed by atoms with Gasteiger partial charge >= 0.3 is 0 Å². The van der Waals surface area contributed by atoms with E-state index in [2.05, 4.69) is 17.8 Å². The van der Waals surface area contributed by atoms with Crippen molar-refractivity contribution < 1.29 is 4.79 Å². The molecule has 1 amide bonds. The molecule has 0 aromatic carbocycles. The molecular formula is C10H11NO. The second-order valence-electron chi connectivity index (χ2n) is 2.09. The third-order valence-corrected chi connectivity index (χ3v) is 0.938. The van der Waals surface area contributed by atoms with Crippen LogP contribution in [0.3, 0.4) is 0 Å². The molecule has 0 aromatic heterocycles. The van der Waals surface area contributed by atoms with Gasteiger partial charge in [0.05, 0.1) is 0 Å². The van der Waals surface area contributed by atoms with Crippen LogP contribution in [0, 0.1) is 12.3 Å². The Kier molecular flexibility index (Phi) is 5.12. The van der Waals surface area contributed by atoms with Crippen molar-refractivity contribution in [3.05, 3.63) is 36.6 Å². The van der Waals surface area contributed by atoms with Crippen LogP contribution in [0.5, 0.6) is 0 Å². The highest BCUT2D eigenvalue weighted by molar-refractivity contribution is 5.75. The lowest BCUT2D eigenvalue weighted by molar-refractivity contribution is -0.118. The van der Waals surface area contributed by atoms with Gasteiger partial charge in [-0.15, -0.1) is 6.42 Å². The van der Waals surface area contributed by atoms with Gasteiger partial charge < -0.3 is 5.32 Å². The van der Waals surface area contributed by atoms with Gasteiger partial charge in [-0.1, -0.05) is 24.7 Å². The molecule has 0 heterocycles. The van der Waals surface area contributed by atoms with E-state index in [1.165, 1.54) is 6.92 Å². The third-order valence-electron chi connectivity index (χ3n) is 0.938. The molecule has 0 aromatic rings. The summed E-state index contributed by atoms with van der Waals surface area (Å²) in [7, 11) is 0. The van der Waals surface area contributed by atoms with E-state index in [1.807, 2.05) is 0 Å². The zero-order chi connectivity index (χ0) is 9.40. The van der Waals surface area contributed by atoms with Crippen LogP contribution in [0.4, 0.5) is 0 Å². The van der Waals surface area contributed by atoms with Crippen LogP contribution in [0.15, 0.2) is 36.6 Å². The summed E-state index contributed by atoms with van der Waals surface area (Å²) in [5, 5.41) is 2.51. The first kappa shape index (κ1) is 10.2. The van der Waals surface area contributed by atoms with E-state index >= 15 is 0 Å². The second-order valence-corrected chi connectivity index (χ2v) is 2.09. The number of nitrogens with one attached hydrogen (secondary N) is 1. The number of rotatable bonds is 3. The lowest BCUT2D eigenvalue weighted by Crippen LogP contribution is -2.16. The summed E-state index contributed by atoms with van der Waals surface area (Å²) in [6, 6.07) is 0. The fourth-order valence-corrected chi connectivity index (χ4v) is 0.551. The van der Waals surface area contributed by atoms with Crippen LogP contribution < -0.4 is 5.32 Å². The highest BCUT2D eigenvalue weighted by atomic mass is 16.1. The first-order valence-electron chi connectivity index (χ1n) is 3.42. The topological polar surface area (TPSA) is 29.1 Å². The number of hydrogen-bond donors (Lipinski definition) is 1. The number of hydrogen-bond acceptors (Lipinski definition) is 1. The largest absolute Gasteiger partial charge is 0.327 e.